The highest BCUT2D eigenvalue weighted by Crippen LogP contribution is 2.39. The van der Waals surface area contributed by atoms with Crippen LogP contribution in [0.5, 0.6) is 0 Å². The molecule has 3 aromatic rings. The number of hydrogen-bond donors (Lipinski definition) is 2. The maximum absolute atomic E-state index is 13.2. The fourth-order valence-corrected chi connectivity index (χ4v) is 4.65. The zero-order chi connectivity index (χ0) is 23.6. The summed E-state index contributed by atoms with van der Waals surface area (Å²) in [7, 11) is 2.05. The Morgan fingerprint density at radius 3 is 2.64 bits per heavy atom. The summed E-state index contributed by atoms with van der Waals surface area (Å²) in [6.45, 7) is 0.947. The van der Waals surface area contributed by atoms with Crippen LogP contribution in [0.15, 0.2) is 54.7 Å². The van der Waals surface area contributed by atoms with Gasteiger partial charge in [0.05, 0.1) is 22.3 Å². The van der Waals surface area contributed by atoms with Crippen molar-refractivity contribution in [2.75, 3.05) is 13.6 Å². The third-order valence-corrected chi connectivity index (χ3v) is 6.44. The van der Waals surface area contributed by atoms with Crippen LogP contribution in [0, 0.1) is 0 Å². The molecule has 33 heavy (non-hydrogen) atoms. The van der Waals surface area contributed by atoms with Crippen molar-refractivity contribution in [3.8, 4) is 11.3 Å². The molecule has 2 atom stereocenters. The van der Waals surface area contributed by atoms with Crippen molar-refractivity contribution in [2.45, 2.75) is 37.5 Å². The molecule has 1 aliphatic rings. The molecule has 1 saturated heterocycles. The van der Waals surface area contributed by atoms with E-state index in [0.717, 1.165) is 37.4 Å². The second-order valence-electron chi connectivity index (χ2n) is 8.20. The Bertz CT molecular complexity index is 1120. The van der Waals surface area contributed by atoms with Gasteiger partial charge in [-0.1, -0.05) is 60.5 Å². The number of benzene rings is 2. The number of rotatable bonds is 5. The van der Waals surface area contributed by atoms with Gasteiger partial charge in [0.15, 0.2) is 5.82 Å². The summed E-state index contributed by atoms with van der Waals surface area (Å²) in [4.78, 5) is 22.4. The molecule has 2 aromatic carbocycles. The van der Waals surface area contributed by atoms with E-state index in [4.69, 9.17) is 11.6 Å². The predicted octanol–water partition coefficient (Wildman–Crippen LogP) is 5.70. The topological polar surface area (TPSA) is 61.0 Å². The number of amides is 1. The van der Waals surface area contributed by atoms with Gasteiger partial charge in [-0.25, -0.2) is 4.98 Å². The molecule has 1 aliphatic heterocycles. The number of imidazole rings is 1. The number of aromatic amines is 1. The summed E-state index contributed by atoms with van der Waals surface area (Å²) in [5.74, 6) is -0.421. The van der Waals surface area contributed by atoms with Crippen molar-refractivity contribution in [2.24, 2.45) is 0 Å². The number of nitrogens with zero attached hydrogens (tertiary/aromatic N) is 2. The number of alkyl halides is 3. The lowest BCUT2D eigenvalue weighted by molar-refractivity contribution is -0.137. The standard InChI is InChI=1S/C24H24ClF3N4O/c1-32-13-6-5-12-19(32)21(15-8-3-2-4-9-15)31-23(33)22-29-14-18(30-22)16-10-7-11-17(20(16)25)24(26,27)28/h2-4,7-11,14,19,21H,5-6,12-13H2,1H3,(H,29,30)(H,31,33). The zero-order valence-corrected chi connectivity index (χ0v) is 18.7. The lowest BCUT2D eigenvalue weighted by Gasteiger charge is -2.38. The van der Waals surface area contributed by atoms with Gasteiger partial charge in [-0.2, -0.15) is 13.2 Å². The average Bonchev–Trinajstić information content (AvgIpc) is 3.28. The maximum atomic E-state index is 13.2. The number of carbonyl (C=O) groups is 1. The maximum Gasteiger partial charge on any atom is 0.417 e. The Balaban J connectivity index is 1.60. The van der Waals surface area contributed by atoms with Gasteiger partial charge in [-0.15, -0.1) is 0 Å². The van der Waals surface area contributed by atoms with E-state index in [1.807, 2.05) is 37.4 Å². The Morgan fingerprint density at radius 1 is 1.18 bits per heavy atom. The van der Waals surface area contributed by atoms with Crippen LogP contribution in [0.4, 0.5) is 13.2 Å². The third kappa shape index (κ3) is 5.07. The predicted molar refractivity (Wildman–Crippen MR) is 121 cm³/mol. The quantitative estimate of drug-likeness (QED) is 0.496. The Morgan fingerprint density at radius 2 is 1.94 bits per heavy atom. The van der Waals surface area contributed by atoms with Crippen LogP contribution in [-0.4, -0.2) is 40.4 Å². The van der Waals surface area contributed by atoms with Crippen molar-refractivity contribution in [3.63, 3.8) is 0 Å². The molecule has 0 bridgehead atoms. The van der Waals surface area contributed by atoms with Crippen LogP contribution < -0.4 is 5.32 Å². The van der Waals surface area contributed by atoms with Crippen LogP contribution in [0.25, 0.3) is 11.3 Å². The van der Waals surface area contributed by atoms with Crippen molar-refractivity contribution in [3.05, 3.63) is 76.7 Å². The second-order valence-corrected chi connectivity index (χ2v) is 8.58. The van der Waals surface area contributed by atoms with Gasteiger partial charge in [-0.05, 0) is 38.1 Å². The number of nitrogens with one attached hydrogen (secondary N) is 2. The van der Waals surface area contributed by atoms with Crippen molar-refractivity contribution >= 4 is 17.5 Å². The minimum absolute atomic E-state index is 0.0119. The van der Waals surface area contributed by atoms with E-state index in [-0.39, 0.29) is 29.2 Å². The molecule has 0 aliphatic carbocycles. The Kier molecular flexibility index (Phi) is 6.76. The number of likely N-dealkylation sites (N-methyl/N-ethyl adjacent to an activating group) is 1. The minimum atomic E-state index is -4.58. The van der Waals surface area contributed by atoms with Gasteiger partial charge in [-0.3, -0.25) is 4.79 Å². The molecule has 2 heterocycles. The zero-order valence-electron chi connectivity index (χ0n) is 18.0. The summed E-state index contributed by atoms with van der Waals surface area (Å²) in [5.41, 5.74) is 0.313. The molecule has 2 unspecified atom stereocenters. The second kappa shape index (κ2) is 9.57. The molecule has 4 rings (SSSR count). The van der Waals surface area contributed by atoms with Gasteiger partial charge in [0, 0.05) is 17.8 Å². The van der Waals surface area contributed by atoms with Gasteiger partial charge in [0.25, 0.3) is 5.91 Å². The summed E-state index contributed by atoms with van der Waals surface area (Å²) in [6.07, 6.45) is -0.0619. The normalized spacial score (nSPS) is 18.2. The molecule has 1 fully saturated rings. The van der Waals surface area contributed by atoms with Crippen molar-refractivity contribution < 1.29 is 18.0 Å². The molecule has 5 nitrogen and oxygen atoms in total. The van der Waals surface area contributed by atoms with E-state index in [2.05, 4.69) is 20.2 Å². The number of carbonyl (C=O) groups excluding carboxylic acids is 1. The first kappa shape index (κ1) is 23.3. The van der Waals surface area contributed by atoms with Gasteiger partial charge >= 0.3 is 6.18 Å². The van der Waals surface area contributed by atoms with Crippen LogP contribution in [0.3, 0.4) is 0 Å². The van der Waals surface area contributed by atoms with Gasteiger partial charge in [0.2, 0.25) is 0 Å². The van der Waals surface area contributed by atoms with Gasteiger partial charge in [0.1, 0.15) is 0 Å². The molecule has 2 N–H and O–H groups in total. The fraction of sp³-hybridized carbons (Fsp3) is 0.333. The number of piperidine rings is 1. The lowest BCUT2D eigenvalue weighted by atomic mass is 9.91. The van der Waals surface area contributed by atoms with Crippen LogP contribution in [0.1, 0.15) is 47.1 Å². The lowest BCUT2D eigenvalue weighted by Crippen LogP contribution is -2.47. The molecule has 1 amide bonds. The van der Waals surface area contributed by atoms with Crippen LogP contribution >= 0.6 is 11.6 Å². The number of likely N-dealkylation sites (tertiary alicyclic amines) is 1. The van der Waals surface area contributed by atoms with E-state index < -0.39 is 22.7 Å². The van der Waals surface area contributed by atoms with E-state index in [1.54, 1.807) is 0 Å². The molecular weight excluding hydrogens is 453 g/mol. The third-order valence-electron chi connectivity index (χ3n) is 6.03. The van der Waals surface area contributed by atoms with Crippen LogP contribution in [-0.2, 0) is 6.18 Å². The summed E-state index contributed by atoms with van der Waals surface area (Å²) < 4.78 is 39.6. The van der Waals surface area contributed by atoms with Gasteiger partial charge < -0.3 is 15.2 Å². The summed E-state index contributed by atoms with van der Waals surface area (Å²) in [6, 6.07) is 13.2. The van der Waals surface area contributed by atoms with Crippen molar-refractivity contribution in [1.82, 2.24) is 20.2 Å². The number of H-pyrrole nitrogens is 1. The Hall–Kier alpha value is -2.84. The molecule has 1 aromatic heterocycles. The smallest absolute Gasteiger partial charge is 0.341 e. The highest BCUT2D eigenvalue weighted by atomic mass is 35.5. The molecule has 174 valence electrons. The van der Waals surface area contributed by atoms with E-state index in [0.29, 0.717) is 0 Å². The largest absolute Gasteiger partial charge is 0.417 e. The van der Waals surface area contributed by atoms with E-state index in [9.17, 15) is 18.0 Å². The highest BCUT2D eigenvalue weighted by molar-refractivity contribution is 6.34. The number of aromatic nitrogens is 2. The van der Waals surface area contributed by atoms with E-state index >= 15 is 0 Å². The minimum Gasteiger partial charge on any atom is -0.341 e. The van der Waals surface area contributed by atoms with Crippen LogP contribution in [0.2, 0.25) is 5.02 Å². The number of hydrogen-bond acceptors (Lipinski definition) is 3. The first-order chi connectivity index (χ1) is 15.8. The highest BCUT2D eigenvalue weighted by Gasteiger charge is 2.34. The molecule has 0 saturated carbocycles. The molecule has 9 heteroatoms. The monoisotopic (exact) mass is 476 g/mol. The Labute approximate surface area is 195 Å². The molecule has 0 radical (unpaired) electrons. The van der Waals surface area contributed by atoms with E-state index in [1.165, 1.54) is 18.3 Å². The number of halogens is 4. The first-order valence-corrected chi connectivity index (χ1v) is 11.1. The average molecular weight is 477 g/mol. The summed E-state index contributed by atoms with van der Waals surface area (Å²) >= 11 is 6.02. The SMILES string of the molecule is CN1CCCCC1C(NC(=O)c1nc(-c2cccc(C(F)(F)F)c2Cl)c[nH]1)c1ccccc1. The summed E-state index contributed by atoms with van der Waals surface area (Å²) in [5, 5.41) is 2.63. The molecular formula is C24H24ClF3N4O. The van der Waals surface area contributed by atoms with Crippen molar-refractivity contribution in [1.29, 1.82) is 0 Å². The molecule has 0 spiro atoms. The fourth-order valence-electron chi connectivity index (χ4n) is 4.32. The first-order valence-electron chi connectivity index (χ1n) is 10.7.